The van der Waals surface area contributed by atoms with Crippen LogP contribution in [-0.2, 0) is 13.0 Å². The molecule has 5 rings (SSSR count). The SMILES string of the molecule is COc1ccc(-c2cc(C(=O)N3CCc4ccccc4C3)c3cc(C)ccc3n2)c(OC)c1. The number of pyridine rings is 1. The van der Waals surface area contributed by atoms with Gasteiger partial charge in [-0.05, 0) is 54.8 Å². The largest absolute Gasteiger partial charge is 0.497 e. The summed E-state index contributed by atoms with van der Waals surface area (Å²) in [7, 11) is 3.25. The molecule has 166 valence electrons. The number of fused-ring (bicyclic) bond motifs is 2. The molecule has 4 aromatic rings. The minimum absolute atomic E-state index is 0.0243. The summed E-state index contributed by atoms with van der Waals surface area (Å²) in [6, 6.07) is 21.9. The number of aromatic nitrogens is 1. The molecule has 0 aliphatic carbocycles. The third-order valence-electron chi connectivity index (χ3n) is 6.30. The lowest BCUT2D eigenvalue weighted by Crippen LogP contribution is -2.36. The molecule has 0 atom stereocenters. The van der Waals surface area contributed by atoms with Crippen LogP contribution in [0.5, 0.6) is 11.5 Å². The molecule has 0 fully saturated rings. The highest BCUT2D eigenvalue weighted by Gasteiger charge is 2.24. The molecule has 3 aromatic carbocycles. The van der Waals surface area contributed by atoms with Gasteiger partial charge in [-0.1, -0.05) is 35.9 Å². The quantitative estimate of drug-likeness (QED) is 0.427. The van der Waals surface area contributed by atoms with E-state index in [1.54, 1.807) is 14.2 Å². The fraction of sp³-hybridized carbons (Fsp3) is 0.214. The van der Waals surface area contributed by atoms with Gasteiger partial charge in [0.2, 0.25) is 0 Å². The van der Waals surface area contributed by atoms with Gasteiger partial charge in [-0.25, -0.2) is 4.98 Å². The fourth-order valence-electron chi connectivity index (χ4n) is 4.50. The van der Waals surface area contributed by atoms with E-state index >= 15 is 0 Å². The van der Waals surface area contributed by atoms with Crippen molar-refractivity contribution in [1.29, 1.82) is 0 Å². The number of nitrogens with zero attached hydrogens (tertiary/aromatic N) is 2. The van der Waals surface area contributed by atoms with Gasteiger partial charge in [0.15, 0.2) is 0 Å². The second-order valence-corrected chi connectivity index (χ2v) is 8.39. The van der Waals surface area contributed by atoms with Gasteiger partial charge in [-0.15, -0.1) is 0 Å². The van der Waals surface area contributed by atoms with Gasteiger partial charge in [0, 0.05) is 30.1 Å². The molecule has 2 heterocycles. The van der Waals surface area contributed by atoms with E-state index in [2.05, 4.69) is 18.2 Å². The highest BCUT2D eigenvalue weighted by atomic mass is 16.5. The number of aryl methyl sites for hydroxylation is 1. The van der Waals surface area contributed by atoms with Gasteiger partial charge >= 0.3 is 0 Å². The van der Waals surface area contributed by atoms with Crippen molar-refractivity contribution in [2.75, 3.05) is 20.8 Å². The van der Waals surface area contributed by atoms with Crippen molar-refractivity contribution in [3.63, 3.8) is 0 Å². The summed E-state index contributed by atoms with van der Waals surface area (Å²) >= 11 is 0. The average molecular weight is 439 g/mol. The highest BCUT2D eigenvalue weighted by Crippen LogP contribution is 2.35. The van der Waals surface area contributed by atoms with Crippen LogP contribution in [0, 0.1) is 6.92 Å². The van der Waals surface area contributed by atoms with E-state index in [1.807, 2.05) is 60.4 Å². The minimum atomic E-state index is 0.0243. The first-order valence-corrected chi connectivity index (χ1v) is 11.1. The summed E-state index contributed by atoms with van der Waals surface area (Å²) in [6.45, 7) is 3.35. The van der Waals surface area contributed by atoms with E-state index in [1.165, 1.54) is 11.1 Å². The van der Waals surface area contributed by atoms with Crippen molar-refractivity contribution < 1.29 is 14.3 Å². The second kappa shape index (κ2) is 8.58. The molecular weight excluding hydrogens is 412 g/mol. The predicted octanol–water partition coefficient (Wildman–Crippen LogP) is 5.43. The Morgan fingerprint density at radius 1 is 0.939 bits per heavy atom. The zero-order chi connectivity index (χ0) is 22.9. The number of benzene rings is 3. The molecule has 1 amide bonds. The van der Waals surface area contributed by atoms with Crippen LogP contribution >= 0.6 is 0 Å². The monoisotopic (exact) mass is 438 g/mol. The number of hydrogen-bond acceptors (Lipinski definition) is 4. The van der Waals surface area contributed by atoms with Gasteiger partial charge in [-0.3, -0.25) is 4.79 Å². The molecule has 0 saturated carbocycles. The number of hydrogen-bond donors (Lipinski definition) is 0. The molecule has 1 aliphatic rings. The molecule has 0 radical (unpaired) electrons. The molecule has 33 heavy (non-hydrogen) atoms. The zero-order valence-corrected chi connectivity index (χ0v) is 19.1. The van der Waals surface area contributed by atoms with Crippen LogP contribution in [-0.4, -0.2) is 36.6 Å². The van der Waals surface area contributed by atoms with Crippen molar-refractivity contribution in [2.24, 2.45) is 0 Å². The number of rotatable bonds is 4. The first kappa shape index (κ1) is 21.0. The van der Waals surface area contributed by atoms with Crippen LogP contribution < -0.4 is 9.47 Å². The Morgan fingerprint density at radius 2 is 1.76 bits per heavy atom. The van der Waals surface area contributed by atoms with E-state index < -0.39 is 0 Å². The van der Waals surface area contributed by atoms with Crippen molar-refractivity contribution >= 4 is 16.8 Å². The smallest absolute Gasteiger partial charge is 0.254 e. The summed E-state index contributed by atoms with van der Waals surface area (Å²) in [4.78, 5) is 20.6. The maximum absolute atomic E-state index is 13.8. The fourth-order valence-corrected chi connectivity index (χ4v) is 4.50. The normalized spacial score (nSPS) is 13.0. The Balaban J connectivity index is 1.63. The summed E-state index contributed by atoms with van der Waals surface area (Å²) < 4.78 is 11.0. The Morgan fingerprint density at radius 3 is 2.55 bits per heavy atom. The van der Waals surface area contributed by atoms with Gasteiger partial charge in [0.05, 0.1) is 31.0 Å². The highest BCUT2D eigenvalue weighted by molar-refractivity contribution is 6.07. The van der Waals surface area contributed by atoms with Crippen LogP contribution in [0.15, 0.2) is 66.7 Å². The molecule has 0 saturated heterocycles. The maximum atomic E-state index is 13.8. The number of carbonyl (C=O) groups is 1. The molecular formula is C28H26N2O3. The van der Waals surface area contributed by atoms with E-state index in [9.17, 15) is 4.79 Å². The zero-order valence-electron chi connectivity index (χ0n) is 19.1. The van der Waals surface area contributed by atoms with Crippen LogP contribution in [0.4, 0.5) is 0 Å². The lowest BCUT2D eigenvalue weighted by Gasteiger charge is -2.29. The van der Waals surface area contributed by atoms with Gasteiger partial charge < -0.3 is 14.4 Å². The Kier molecular flexibility index (Phi) is 5.47. The van der Waals surface area contributed by atoms with Crippen LogP contribution in [0.2, 0.25) is 0 Å². The lowest BCUT2D eigenvalue weighted by atomic mass is 9.97. The summed E-state index contributed by atoms with van der Waals surface area (Å²) in [5.41, 5.74) is 6.60. The van der Waals surface area contributed by atoms with Crippen molar-refractivity contribution in [3.8, 4) is 22.8 Å². The number of ether oxygens (including phenoxy) is 2. The molecule has 0 N–H and O–H groups in total. The third-order valence-corrected chi connectivity index (χ3v) is 6.30. The van der Waals surface area contributed by atoms with Gasteiger partial charge in [0.25, 0.3) is 5.91 Å². The molecule has 1 aromatic heterocycles. The predicted molar refractivity (Wildman–Crippen MR) is 130 cm³/mol. The average Bonchev–Trinajstić information content (AvgIpc) is 2.87. The van der Waals surface area contributed by atoms with Gasteiger partial charge in [0.1, 0.15) is 11.5 Å². The Labute approximate surface area is 193 Å². The summed E-state index contributed by atoms with van der Waals surface area (Å²) in [5, 5.41) is 0.870. The van der Waals surface area contributed by atoms with Crippen molar-refractivity contribution in [3.05, 3.63) is 89.0 Å². The maximum Gasteiger partial charge on any atom is 0.254 e. The molecule has 1 aliphatic heterocycles. The molecule has 0 bridgehead atoms. The molecule has 0 unspecified atom stereocenters. The van der Waals surface area contributed by atoms with Crippen molar-refractivity contribution in [2.45, 2.75) is 19.9 Å². The summed E-state index contributed by atoms with van der Waals surface area (Å²) in [5.74, 6) is 1.38. The van der Waals surface area contributed by atoms with E-state index in [-0.39, 0.29) is 5.91 Å². The first-order valence-electron chi connectivity index (χ1n) is 11.1. The van der Waals surface area contributed by atoms with E-state index in [0.717, 1.165) is 28.5 Å². The molecule has 0 spiro atoms. The van der Waals surface area contributed by atoms with Crippen LogP contribution in [0.1, 0.15) is 27.0 Å². The topological polar surface area (TPSA) is 51.7 Å². The first-order chi connectivity index (χ1) is 16.1. The third kappa shape index (κ3) is 3.91. The Hall–Kier alpha value is -3.86. The second-order valence-electron chi connectivity index (χ2n) is 8.39. The van der Waals surface area contributed by atoms with Gasteiger partial charge in [-0.2, -0.15) is 0 Å². The Bertz CT molecular complexity index is 1360. The van der Waals surface area contributed by atoms with Crippen LogP contribution in [0.3, 0.4) is 0 Å². The van der Waals surface area contributed by atoms with E-state index in [0.29, 0.717) is 35.8 Å². The lowest BCUT2D eigenvalue weighted by molar-refractivity contribution is 0.0736. The molecule has 5 nitrogen and oxygen atoms in total. The van der Waals surface area contributed by atoms with E-state index in [4.69, 9.17) is 14.5 Å². The number of carbonyl (C=O) groups excluding carboxylic acids is 1. The molecule has 5 heteroatoms. The standard InChI is InChI=1S/C28H26N2O3/c1-18-8-11-25-23(14-18)24(28(31)30-13-12-19-6-4-5-7-20(19)17-30)16-26(29-25)22-10-9-21(32-2)15-27(22)33-3/h4-11,14-16H,12-13,17H2,1-3H3. The van der Waals surface area contributed by atoms with Crippen LogP contribution in [0.25, 0.3) is 22.2 Å². The number of amides is 1. The number of methoxy groups -OCH3 is 2. The summed E-state index contributed by atoms with van der Waals surface area (Å²) in [6.07, 6.45) is 0.864. The minimum Gasteiger partial charge on any atom is -0.497 e. The van der Waals surface area contributed by atoms with Crippen molar-refractivity contribution in [1.82, 2.24) is 9.88 Å².